The van der Waals surface area contributed by atoms with Gasteiger partial charge in [0.15, 0.2) is 0 Å². The van der Waals surface area contributed by atoms with Crippen molar-refractivity contribution in [1.82, 2.24) is 0 Å². The second-order valence-electron chi connectivity index (χ2n) is 7.93. The minimum Gasteiger partial charge on any atom is -0.135 e. The molecule has 0 radical (unpaired) electrons. The summed E-state index contributed by atoms with van der Waals surface area (Å²) >= 11 is 1.88. The highest BCUT2D eigenvalue weighted by molar-refractivity contribution is 7.25. The van der Waals surface area contributed by atoms with Crippen molar-refractivity contribution in [1.29, 1.82) is 0 Å². The molecule has 6 rings (SSSR count). The number of rotatable bonds is 2. The fourth-order valence-corrected chi connectivity index (χ4v) is 5.62. The summed E-state index contributed by atoms with van der Waals surface area (Å²) in [5.41, 5.74) is 6.42. The SMILES string of the molecule is Cc1cc(-c2ccc3ccccc3c2)cc(-c2cccc3sc4ccccc4c23)c1. The number of hydrogen-bond donors (Lipinski definition) is 0. The minimum absolute atomic E-state index is 1.26. The van der Waals surface area contributed by atoms with Crippen LogP contribution in [0, 0.1) is 6.92 Å². The average Bonchev–Trinajstić information content (AvgIpc) is 3.17. The van der Waals surface area contributed by atoms with Crippen LogP contribution >= 0.6 is 11.3 Å². The molecule has 0 fully saturated rings. The molecule has 1 heteroatoms. The summed E-state index contributed by atoms with van der Waals surface area (Å²) < 4.78 is 2.70. The molecule has 1 heterocycles. The van der Waals surface area contributed by atoms with E-state index in [1.807, 2.05) is 11.3 Å². The van der Waals surface area contributed by atoms with E-state index in [0.717, 1.165) is 0 Å². The van der Waals surface area contributed by atoms with Crippen LogP contribution in [0.1, 0.15) is 5.56 Å². The Labute approximate surface area is 180 Å². The predicted octanol–water partition coefficient (Wildman–Crippen LogP) is 8.85. The van der Waals surface area contributed by atoms with Crippen molar-refractivity contribution in [3.8, 4) is 22.3 Å². The Hall–Kier alpha value is -3.42. The molecule has 0 amide bonds. The second-order valence-corrected chi connectivity index (χ2v) is 9.01. The van der Waals surface area contributed by atoms with Crippen LogP contribution in [0.4, 0.5) is 0 Å². The Balaban J connectivity index is 1.58. The second kappa shape index (κ2) is 6.83. The Morgan fingerprint density at radius 2 is 1.30 bits per heavy atom. The van der Waals surface area contributed by atoms with Crippen LogP contribution in [0.25, 0.3) is 53.2 Å². The number of benzene rings is 5. The molecule has 0 N–H and O–H groups in total. The van der Waals surface area contributed by atoms with Gasteiger partial charge in [-0.1, -0.05) is 78.9 Å². The number of aryl methyl sites for hydroxylation is 1. The summed E-state index contributed by atoms with van der Waals surface area (Å²) in [6, 6.07) is 37.7. The first-order valence-corrected chi connectivity index (χ1v) is 11.1. The lowest BCUT2D eigenvalue weighted by Crippen LogP contribution is -1.86. The zero-order valence-corrected chi connectivity index (χ0v) is 17.5. The third-order valence-electron chi connectivity index (χ3n) is 5.87. The van der Waals surface area contributed by atoms with E-state index in [9.17, 15) is 0 Å². The van der Waals surface area contributed by atoms with Gasteiger partial charge in [0, 0.05) is 20.2 Å². The highest BCUT2D eigenvalue weighted by Crippen LogP contribution is 2.41. The van der Waals surface area contributed by atoms with Crippen molar-refractivity contribution in [2.24, 2.45) is 0 Å². The topological polar surface area (TPSA) is 0 Å². The smallest absolute Gasteiger partial charge is 0.0361 e. The fourth-order valence-electron chi connectivity index (χ4n) is 4.49. The lowest BCUT2D eigenvalue weighted by molar-refractivity contribution is 1.47. The van der Waals surface area contributed by atoms with Gasteiger partial charge < -0.3 is 0 Å². The molecule has 5 aromatic carbocycles. The molecule has 1 aromatic heterocycles. The molecule has 30 heavy (non-hydrogen) atoms. The Morgan fingerprint density at radius 3 is 2.23 bits per heavy atom. The summed E-state index contributed by atoms with van der Waals surface area (Å²) in [6.07, 6.45) is 0. The first-order valence-electron chi connectivity index (χ1n) is 10.3. The molecule has 142 valence electrons. The van der Waals surface area contributed by atoms with Gasteiger partial charge in [-0.15, -0.1) is 11.3 Å². The van der Waals surface area contributed by atoms with Gasteiger partial charge in [-0.05, 0) is 69.8 Å². The summed E-state index contributed by atoms with van der Waals surface area (Å²) in [5.74, 6) is 0. The van der Waals surface area contributed by atoms with E-state index in [1.54, 1.807) is 0 Å². The molecule has 0 aliphatic carbocycles. The molecular weight excluding hydrogens is 380 g/mol. The minimum atomic E-state index is 1.26. The molecule has 0 nitrogen and oxygen atoms in total. The van der Waals surface area contributed by atoms with E-state index in [0.29, 0.717) is 0 Å². The lowest BCUT2D eigenvalue weighted by atomic mass is 9.93. The van der Waals surface area contributed by atoms with Gasteiger partial charge in [0.1, 0.15) is 0 Å². The van der Waals surface area contributed by atoms with Crippen LogP contribution in [0.5, 0.6) is 0 Å². The van der Waals surface area contributed by atoms with Gasteiger partial charge >= 0.3 is 0 Å². The van der Waals surface area contributed by atoms with Crippen molar-refractivity contribution in [3.05, 3.63) is 109 Å². The summed E-state index contributed by atoms with van der Waals surface area (Å²) in [7, 11) is 0. The molecule has 0 bridgehead atoms. The third-order valence-corrected chi connectivity index (χ3v) is 7.01. The molecule has 0 saturated heterocycles. The monoisotopic (exact) mass is 400 g/mol. The van der Waals surface area contributed by atoms with Crippen molar-refractivity contribution < 1.29 is 0 Å². The van der Waals surface area contributed by atoms with Crippen molar-refractivity contribution in [3.63, 3.8) is 0 Å². The van der Waals surface area contributed by atoms with Crippen LogP contribution < -0.4 is 0 Å². The van der Waals surface area contributed by atoms with Crippen molar-refractivity contribution in [2.75, 3.05) is 0 Å². The first-order chi connectivity index (χ1) is 14.8. The molecule has 6 aromatic rings. The van der Waals surface area contributed by atoms with Crippen LogP contribution in [0.3, 0.4) is 0 Å². The largest absolute Gasteiger partial charge is 0.135 e. The molecule has 0 aliphatic rings. The zero-order valence-electron chi connectivity index (χ0n) is 16.7. The van der Waals surface area contributed by atoms with E-state index < -0.39 is 0 Å². The average molecular weight is 401 g/mol. The molecule has 0 saturated carbocycles. The van der Waals surface area contributed by atoms with E-state index in [1.165, 1.54) is 58.8 Å². The normalized spacial score (nSPS) is 11.5. The van der Waals surface area contributed by atoms with Crippen LogP contribution in [-0.2, 0) is 0 Å². The molecule has 0 aliphatic heterocycles. The van der Waals surface area contributed by atoms with E-state index >= 15 is 0 Å². The van der Waals surface area contributed by atoms with E-state index in [2.05, 4.69) is 110 Å². The van der Waals surface area contributed by atoms with E-state index in [4.69, 9.17) is 0 Å². The maximum Gasteiger partial charge on any atom is 0.0361 e. The number of fused-ring (bicyclic) bond motifs is 4. The first kappa shape index (κ1) is 17.4. The van der Waals surface area contributed by atoms with Crippen LogP contribution in [-0.4, -0.2) is 0 Å². The van der Waals surface area contributed by atoms with E-state index in [-0.39, 0.29) is 0 Å². The molecule has 0 unspecified atom stereocenters. The van der Waals surface area contributed by atoms with Crippen molar-refractivity contribution >= 4 is 42.3 Å². The number of hydrogen-bond acceptors (Lipinski definition) is 1. The van der Waals surface area contributed by atoms with Gasteiger partial charge in [0.25, 0.3) is 0 Å². The highest BCUT2D eigenvalue weighted by Gasteiger charge is 2.12. The standard InChI is InChI=1S/C29H20S/c1-19-15-23(22-14-13-20-7-2-3-8-21(20)17-22)18-24(16-19)25-10-6-12-28-29(25)26-9-4-5-11-27(26)30-28/h2-18H,1H3. The lowest BCUT2D eigenvalue weighted by Gasteiger charge is -2.11. The maximum atomic E-state index is 2.35. The van der Waals surface area contributed by atoms with Gasteiger partial charge in [-0.25, -0.2) is 0 Å². The predicted molar refractivity (Wildman–Crippen MR) is 132 cm³/mol. The van der Waals surface area contributed by atoms with Crippen LogP contribution in [0.2, 0.25) is 0 Å². The number of thiophene rings is 1. The Bertz CT molecular complexity index is 1550. The van der Waals surface area contributed by atoms with Gasteiger partial charge in [0.2, 0.25) is 0 Å². The summed E-state index contributed by atoms with van der Waals surface area (Å²) in [6.45, 7) is 2.19. The summed E-state index contributed by atoms with van der Waals surface area (Å²) in [4.78, 5) is 0. The maximum absolute atomic E-state index is 2.35. The third kappa shape index (κ3) is 2.82. The Morgan fingerprint density at radius 1 is 0.533 bits per heavy atom. The fraction of sp³-hybridized carbons (Fsp3) is 0.0345. The molecule has 0 spiro atoms. The summed E-state index contributed by atoms with van der Waals surface area (Å²) in [5, 5.41) is 5.28. The quantitative estimate of drug-likeness (QED) is 0.272. The van der Waals surface area contributed by atoms with Gasteiger partial charge in [-0.2, -0.15) is 0 Å². The zero-order chi connectivity index (χ0) is 20.1. The van der Waals surface area contributed by atoms with Crippen LogP contribution in [0.15, 0.2) is 103 Å². The highest BCUT2D eigenvalue weighted by atomic mass is 32.1. The molecule has 0 atom stereocenters. The Kier molecular flexibility index (Phi) is 3.97. The van der Waals surface area contributed by atoms with Gasteiger partial charge in [-0.3, -0.25) is 0 Å². The molecular formula is C29H20S. The van der Waals surface area contributed by atoms with Gasteiger partial charge in [0.05, 0.1) is 0 Å². The van der Waals surface area contributed by atoms with Crippen molar-refractivity contribution in [2.45, 2.75) is 6.92 Å².